The second-order valence-corrected chi connectivity index (χ2v) is 4.15. The van der Waals surface area contributed by atoms with Gasteiger partial charge in [0.15, 0.2) is 0 Å². The Labute approximate surface area is 108 Å². The molecule has 2 aromatic rings. The van der Waals surface area contributed by atoms with Gasteiger partial charge in [0, 0.05) is 34.1 Å². The van der Waals surface area contributed by atoms with E-state index < -0.39 is 11.2 Å². The molecular weight excluding hydrogens is 250 g/mol. The van der Waals surface area contributed by atoms with Gasteiger partial charge in [0.2, 0.25) is 5.82 Å². The van der Waals surface area contributed by atoms with Gasteiger partial charge in [-0.25, -0.2) is 9.48 Å². The van der Waals surface area contributed by atoms with Crippen LogP contribution in [0.15, 0.2) is 15.9 Å². The largest absolute Gasteiger partial charge is 0.364 e. The van der Waals surface area contributed by atoms with E-state index in [0.717, 1.165) is 15.1 Å². The first-order valence-corrected chi connectivity index (χ1v) is 5.72. The number of aromatic nitrogens is 6. The summed E-state index contributed by atoms with van der Waals surface area (Å²) in [4.78, 5) is 23.3. The number of anilines is 1. The van der Waals surface area contributed by atoms with Crippen LogP contribution >= 0.6 is 0 Å². The first kappa shape index (κ1) is 13.0. The summed E-state index contributed by atoms with van der Waals surface area (Å²) < 4.78 is 3.93. The van der Waals surface area contributed by atoms with Crippen LogP contribution in [0.2, 0.25) is 0 Å². The molecule has 2 aromatic heterocycles. The number of hydrogen-bond acceptors (Lipinski definition) is 6. The molecule has 0 aromatic carbocycles. The Morgan fingerprint density at radius 3 is 2.63 bits per heavy atom. The lowest BCUT2D eigenvalue weighted by Gasteiger charge is -2.07. The van der Waals surface area contributed by atoms with Gasteiger partial charge in [-0.2, -0.15) is 0 Å². The Balaban J connectivity index is 2.11. The third-order valence-electron chi connectivity index (χ3n) is 2.77. The number of rotatable bonds is 4. The van der Waals surface area contributed by atoms with Gasteiger partial charge in [0.25, 0.3) is 5.56 Å². The quantitative estimate of drug-likeness (QED) is 0.704. The summed E-state index contributed by atoms with van der Waals surface area (Å²) in [6, 6.07) is 0. The molecule has 0 aliphatic rings. The second-order valence-electron chi connectivity index (χ2n) is 4.15. The highest BCUT2D eigenvalue weighted by atomic mass is 16.2. The SMILES string of the molecule is Cn1cnnc1CCNc1nn(C)c(=O)n(C)c1=O. The number of aryl methyl sites for hydroxylation is 2. The van der Waals surface area contributed by atoms with Gasteiger partial charge in [-0.3, -0.25) is 9.36 Å². The molecule has 2 rings (SSSR count). The molecule has 0 saturated carbocycles. The van der Waals surface area contributed by atoms with Crippen LogP contribution in [0.1, 0.15) is 5.82 Å². The van der Waals surface area contributed by atoms with E-state index in [4.69, 9.17) is 0 Å². The lowest BCUT2D eigenvalue weighted by Crippen LogP contribution is -2.40. The normalized spacial score (nSPS) is 10.7. The molecule has 2 heterocycles. The van der Waals surface area contributed by atoms with E-state index in [1.165, 1.54) is 14.1 Å². The summed E-state index contributed by atoms with van der Waals surface area (Å²) in [5, 5.41) is 14.5. The second kappa shape index (κ2) is 5.04. The summed E-state index contributed by atoms with van der Waals surface area (Å²) in [5.41, 5.74) is -0.898. The average Bonchev–Trinajstić information content (AvgIpc) is 2.79. The van der Waals surface area contributed by atoms with Crippen molar-refractivity contribution in [2.75, 3.05) is 11.9 Å². The molecule has 1 N–H and O–H groups in total. The summed E-state index contributed by atoms with van der Waals surface area (Å²) in [5.74, 6) is 0.945. The van der Waals surface area contributed by atoms with E-state index in [1.807, 2.05) is 7.05 Å². The zero-order valence-electron chi connectivity index (χ0n) is 11.0. The van der Waals surface area contributed by atoms with E-state index in [9.17, 15) is 9.59 Å². The van der Waals surface area contributed by atoms with Crippen LogP contribution in [-0.2, 0) is 27.6 Å². The number of nitrogens with zero attached hydrogens (tertiary/aromatic N) is 6. The summed E-state index contributed by atoms with van der Waals surface area (Å²) in [7, 11) is 4.76. The van der Waals surface area contributed by atoms with Crippen LogP contribution in [0.4, 0.5) is 5.82 Å². The van der Waals surface area contributed by atoms with Crippen LogP contribution in [0.25, 0.3) is 0 Å². The van der Waals surface area contributed by atoms with E-state index in [0.29, 0.717) is 13.0 Å². The minimum atomic E-state index is -0.455. The van der Waals surface area contributed by atoms with Crippen molar-refractivity contribution in [3.05, 3.63) is 33.0 Å². The predicted octanol–water partition coefficient (Wildman–Crippen LogP) is -1.74. The Bertz CT molecular complexity index is 697. The standard InChI is InChI=1S/C10H15N7O2/c1-15-6-12-13-7(15)4-5-11-8-9(18)16(2)10(19)17(3)14-8/h6H,4-5H2,1-3H3,(H,11,14). The van der Waals surface area contributed by atoms with Crippen molar-refractivity contribution in [2.24, 2.45) is 21.1 Å². The number of nitrogens with one attached hydrogen (secondary N) is 1. The summed E-state index contributed by atoms with van der Waals surface area (Å²) in [6.07, 6.45) is 2.21. The van der Waals surface area contributed by atoms with Crippen molar-refractivity contribution in [3.63, 3.8) is 0 Å². The van der Waals surface area contributed by atoms with E-state index in [2.05, 4.69) is 20.6 Å². The minimum Gasteiger partial charge on any atom is -0.364 e. The molecule has 0 atom stereocenters. The van der Waals surface area contributed by atoms with Gasteiger partial charge >= 0.3 is 5.69 Å². The molecule has 0 radical (unpaired) electrons. The molecule has 102 valence electrons. The fourth-order valence-electron chi connectivity index (χ4n) is 1.64. The third kappa shape index (κ3) is 2.54. The van der Waals surface area contributed by atoms with Crippen molar-refractivity contribution in [1.82, 2.24) is 29.1 Å². The summed E-state index contributed by atoms with van der Waals surface area (Å²) in [6.45, 7) is 0.479. The van der Waals surface area contributed by atoms with Gasteiger partial charge < -0.3 is 9.88 Å². The Hall–Kier alpha value is -2.45. The highest BCUT2D eigenvalue weighted by Gasteiger charge is 2.08. The van der Waals surface area contributed by atoms with E-state index >= 15 is 0 Å². The molecule has 0 aliphatic carbocycles. The van der Waals surface area contributed by atoms with Crippen LogP contribution in [-0.4, -0.2) is 35.7 Å². The lowest BCUT2D eigenvalue weighted by molar-refractivity contribution is 0.604. The van der Waals surface area contributed by atoms with Crippen molar-refractivity contribution in [3.8, 4) is 0 Å². The van der Waals surface area contributed by atoms with E-state index in [-0.39, 0.29) is 5.82 Å². The molecule has 0 amide bonds. The van der Waals surface area contributed by atoms with Crippen LogP contribution in [0.3, 0.4) is 0 Å². The zero-order valence-corrected chi connectivity index (χ0v) is 11.0. The smallest absolute Gasteiger partial charge is 0.346 e. The minimum absolute atomic E-state index is 0.145. The first-order chi connectivity index (χ1) is 9.00. The molecule has 19 heavy (non-hydrogen) atoms. The Morgan fingerprint density at radius 1 is 1.26 bits per heavy atom. The zero-order chi connectivity index (χ0) is 14.0. The maximum atomic E-state index is 11.8. The number of hydrogen-bond donors (Lipinski definition) is 1. The van der Waals surface area contributed by atoms with Gasteiger partial charge in [-0.1, -0.05) is 0 Å². The van der Waals surface area contributed by atoms with Crippen molar-refractivity contribution >= 4 is 5.82 Å². The summed E-state index contributed by atoms with van der Waals surface area (Å²) >= 11 is 0. The molecule has 0 fully saturated rings. The molecule has 0 unspecified atom stereocenters. The third-order valence-corrected chi connectivity index (χ3v) is 2.77. The maximum Gasteiger partial charge on any atom is 0.346 e. The topological polar surface area (TPSA) is 99.6 Å². The predicted molar refractivity (Wildman–Crippen MR) is 67.9 cm³/mol. The maximum absolute atomic E-state index is 11.8. The van der Waals surface area contributed by atoms with Gasteiger partial charge in [0.05, 0.1) is 0 Å². The van der Waals surface area contributed by atoms with Crippen LogP contribution in [0.5, 0.6) is 0 Å². The molecule has 0 spiro atoms. The van der Waals surface area contributed by atoms with Crippen molar-refractivity contribution in [2.45, 2.75) is 6.42 Å². The van der Waals surface area contributed by atoms with E-state index in [1.54, 1.807) is 10.9 Å². The van der Waals surface area contributed by atoms with Crippen LogP contribution < -0.4 is 16.6 Å². The monoisotopic (exact) mass is 265 g/mol. The van der Waals surface area contributed by atoms with Gasteiger partial charge in [0.1, 0.15) is 12.2 Å². The lowest BCUT2D eigenvalue weighted by atomic mass is 10.4. The fraction of sp³-hybridized carbons (Fsp3) is 0.500. The van der Waals surface area contributed by atoms with Crippen molar-refractivity contribution < 1.29 is 0 Å². The highest BCUT2D eigenvalue weighted by Crippen LogP contribution is 1.95. The Kier molecular flexibility index (Phi) is 3.45. The fourth-order valence-corrected chi connectivity index (χ4v) is 1.64. The molecule has 9 nitrogen and oxygen atoms in total. The van der Waals surface area contributed by atoms with Crippen LogP contribution in [0, 0.1) is 0 Å². The molecular formula is C10H15N7O2. The van der Waals surface area contributed by atoms with Crippen molar-refractivity contribution in [1.29, 1.82) is 0 Å². The molecule has 0 aliphatic heterocycles. The Morgan fingerprint density at radius 2 is 2.00 bits per heavy atom. The van der Waals surface area contributed by atoms with Gasteiger partial charge in [-0.15, -0.1) is 15.3 Å². The average molecular weight is 265 g/mol. The molecule has 0 saturated heterocycles. The highest BCUT2D eigenvalue weighted by molar-refractivity contribution is 5.29. The first-order valence-electron chi connectivity index (χ1n) is 5.72. The molecule has 9 heteroatoms. The molecule has 0 bridgehead atoms. The van der Waals surface area contributed by atoms with Gasteiger partial charge in [-0.05, 0) is 0 Å².